The summed E-state index contributed by atoms with van der Waals surface area (Å²) in [7, 11) is 0. The SMILES string of the molecule is Cc1ccc(S)cc1C(=O)NCc1sccc1C. The molecule has 0 saturated heterocycles. The highest BCUT2D eigenvalue weighted by Gasteiger charge is 2.09. The van der Waals surface area contributed by atoms with Gasteiger partial charge in [-0.2, -0.15) is 0 Å². The van der Waals surface area contributed by atoms with Crippen LogP contribution in [-0.4, -0.2) is 5.91 Å². The first-order valence-electron chi connectivity index (χ1n) is 5.68. The Bertz CT molecular complexity index is 575. The molecule has 4 heteroatoms. The normalized spacial score (nSPS) is 10.4. The standard InChI is InChI=1S/C14H15NOS2/c1-9-3-4-11(17)7-12(9)14(16)15-8-13-10(2)5-6-18-13/h3-7,17H,8H2,1-2H3,(H,15,16). The summed E-state index contributed by atoms with van der Waals surface area (Å²) in [4.78, 5) is 14.1. The van der Waals surface area contributed by atoms with Gasteiger partial charge in [0.1, 0.15) is 0 Å². The minimum Gasteiger partial charge on any atom is -0.347 e. The summed E-state index contributed by atoms with van der Waals surface area (Å²) in [6, 6.07) is 7.66. The summed E-state index contributed by atoms with van der Waals surface area (Å²) in [5.74, 6) is -0.0452. The number of hydrogen-bond donors (Lipinski definition) is 2. The van der Waals surface area contributed by atoms with E-state index < -0.39 is 0 Å². The number of thiol groups is 1. The first-order valence-corrected chi connectivity index (χ1v) is 7.01. The van der Waals surface area contributed by atoms with Crippen molar-refractivity contribution in [2.75, 3.05) is 0 Å². The second-order valence-corrected chi connectivity index (χ2v) is 5.73. The summed E-state index contributed by atoms with van der Waals surface area (Å²) >= 11 is 5.93. The molecule has 2 rings (SSSR count). The Morgan fingerprint density at radius 3 is 2.72 bits per heavy atom. The van der Waals surface area contributed by atoms with Crippen LogP contribution in [0, 0.1) is 13.8 Å². The molecule has 0 unspecified atom stereocenters. The van der Waals surface area contributed by atoms with E-state index in [9.17, 15) is 4.79 Å². The van der Waals surface area contributed by atoms with Crippen LogP contribution in [-0.2, 0) is 6.54 Å². The fourth-order valence-electron chi connectivity index (χ4n) is 1.70. The highest BCUT2D eigenvalue weighted by atomic mass is 32.1. The van der Waals surface area contributed by atoms with Gasteiger partial charge >= 0.3 is 0 Å². The number of amides is 1. The molecule has 2 aromatic rings. The monoisotopic (exact) mass is 277 g/mol. The van der Waals surface area contributed by atoms with Crippen LogP contribution in [0.3, 0.4) is 0 Å². The first-order chi connectivity index (χ1) is 8.58. The van der Waals surface area contributed by atoms with Crippen LogP contribution in [0.5, 0.6) is 0 Å². The molecule has 1 aromatic carbocycles. The van der Waals surface area contributed by atoms with Crippen LogP contribution in [0.25, 0.3) is 0 Å². The summed E-state index contributed by atoms with van der Waals surface area (Å²) in [5, 5.41) is 4.99. The number of thiophene rings is 1. The van der Waals surface area contributed by atoms with Crippen LogP contribution in [0.15, 0.2) is 34.5 Å². The Balaban J connectivity index is 2.08. The molecule has 0 fully saturated rings. The number of aryl methyl sites for hydroxylation is 2. The van der Waals surface area contributed by atoms with E-state index in [2.05, 4.69) is 30.9 Å². The molecule has 0 spiro atoms. The molecule has 0 saturated carbocycles. The fourth-order valence-corrected chi connectivity index (χ4v) is 2.75. The number of carbonyl (C=O) groups excluding carboxylic acids is 1. The van der Waals surface area contributed by atoms with Gasteiger partial charge in [0.15, 0.2) is 0 Å². The van der Waals surface area contributed by atoms with Gasteiger partial charge in [-0.25, -0.2) is 0 Å². The van der Waals surface area contributed by atoms with E-state index in [0.29, 0.717) is 12.1 Å². The minimum absolute atomic E-state index is 0.0452. The Kier molecular flexibility index (Phi) is 4.09. The molecular formula is C14H15NOS2. The van der Waals surface area contributed by atoms with E-state index in [1.807, 2.05) is 24.4 Å². The molecule has 0 bridgehead atoms. The quantitative estimate of drug-likeness (QED) is 0.825. The van der Waals surface area contributed by atoms with Gasteiger partial charge in [0, 0.05) is 15.3 Å². The lowest BCUT2D eigenvalue weighted by Crippen LogP contribution is -2.23. The van der Waals surface area contributed by atoms with Gasteiger partial charge in [-0.1, -0.05) is 6.07 Å². The maximum absolute atomic E-state index is 12.1. The summed E-state index contributed by atoms with van der Waals surface area (Å²) in [5.41, 5.74) is 2.88. The topological polar surface area (TPSA) is 29.1 Å². The van der Waals surface area contributed by atoms with Crippen LogP contribution >= 0.6 is 24.0 Å². The predicted molar refractivity (Wildman–Crippen MR) is 78.7 cm³/mol. The van der Waals surface area contributed by atoms with Gasteiger partial charge in [-0.15, -0.1) is 24.0 Å². The molecule has 18 heavy (non-hydrogen) atoms. The Labute approximate surface area is 116 Å². The lowest BCUT2D eigenvalue weighted by Gasteiger charge is -2.08. The second-order valence-electron chi connectivity index (χ2n) is 4.21. The van der Waals surface area contributed by atoms with E-state index in [4.69, 9.17) is 0 Å². The first kappa shape index (κ1) is 13.2. The van der Waals surface area contributed by atoms with Gasteiger partial charge in [0.05, 0.1) is 6.54 Å². The zero-order valence-electron chi connectivity index (χ0n) is 10.4. The molecule has 1 N–H and O–H groups in total. The molecule has 2 nitrogen and oxygen atoms in total. The molecule has 0 aliphatic rings. The molecular weight excluding hydrogens is 262 g/mol. The molecule has 1 aromatic heterocycles. The third-order valence-electron chi connectivity index (χ3n) is 2.84. The molecule has 94 valence electrons. The molecule has 1 heterocycles. The summed E-state index contributed by atoms with van der Waals surface area (Å²) in [6.45, 7) is 4.56. The minimum atomic E-state index is -0.0452. The largest absolute Gasteiger partial charge is 0.347 e. The smallest absolute Gasteiger partial charge is 0.251 e. The van der Waals surface area contributed by atoms with Crippen LogP contribution in [0.1, 0.15) is 26.4 Å². The number of benzene rings is 1. The van der Waals surface area contributed by atoms with Crippen molar-refractivity contribution in [1.82, 2.24) is 5.32 Å². The van der Waals surface area contributed by atoms with Crippen molar-refractivity contribution < 1.29 is 4.79 Å². The van der Waals surface area contributed by atoms with Crippen LogP contribution < -0.4 is 5.32 Å². The lowest BCUT2D eigenvalue weighted by atomic mass is 10.1. The zero-order chi connectivity index (χ0) is 13.1. The van der Waals surface area contributed by atoms with E-state index in [-0.39, 0.29) is 5.91 Å². The van der Waals surface area contributed by atoms with Crippen molar-refractivity contribution in [3.05, 3.63) is 51.2 Å². The molecule has 0 aliphatic carbocycles. The Hall–Kier alpha value is -1.26. The van der Waals surface area contributed by atoms with Crippen molar-refractivity contribution in [2.24, 2.45) is 0 Å². The van der Waals surface area contributed by atoms with Crippen molar-refractivity contribution in [1.29, 1.82) is 0 Å². The van der Waals surface area contributed by atoms with Crippen molar-refractivity contribution in [3.8, 4) is 0 Å². The van der Waals surface area contributed by atoms with Gasteiger partial charge < -0.3 is 5.32 Å². The Morgan fingerprint density at radius 1 is 1.28 bits per heavy atom. The number of nitrogens with one attached hydrogen (secondary N) is 1. The van der Waals surface area contributed by atoms with E-state index in [0.717, 1.165) is 10.5 Å². The molecule has 1 amide bonds. The van der Waals surface area contributed by atoms with Crippen LogP contribution in [0.4, 0.5) is 0 Å². The third-order valence-corrected chi connectivity index (χ3v) is 4.14. The van der Waals surface area contributed by atoms with Crippen LogP contribution in [0.2, 0.25) is 0 Å². The average molecular weight is 277 g/mol. The van der Waals surface area contributed by atoms with Crippen molar-refractivity contribution in [2.45, 2.75) is 25.3 Å². The molecule has 0 radical (unpaired) electrons. The highest BCUT2D eigenvalue weighted by Crippen LogP contribution is 2.17. The third kappa shape index (κ3) is 2.94. The van der Waals surface area contributed by atoms with Gasteiger partial charge in [-0.3, -0.25) is 4.79 Å². The fraction of sp³-hybridized carbons (Fsp3) is 0.214. The number of hydrogen-bond acceptors (Lipinski definition) is 3. The summed E-state index contributed by atoms with van der Waals surface area (Å²) < 4.78 is 0. The highest BCUT2D eigenvalue weighted by molar-refractivity contribution is 7.80. The summed E-state index contributed by atoms with van der Waals surface area (Å²) in [6.07, 6.45) is 0. The van der Waals surface area contributed by atoms with Crippen molar-refractivity contribution in [3.63, 3.8) is 0 Å². The maximum atomic E-state index is 12.1. The zero-order valence-corrected chi connectivity index (χ0v) is 12.1. The van der Waals surface area contributed by atoms with E-state index >= 15 is 0 Å². The number of carbonyl (C=O) groups is 1. The second kappa shape index (κ2) is 5.59. The van der Waals surface area contributed by atoms with Gasteiger partial charge in [0.2, 0.25) is 0 Å². The Morgan fingerprint density at radius 2 is 2.06 bits per heavy atom. The number of rotatable bonds is 3. The van der Waals surface area contributed by atoms with E-state index in [1.165, 1.54) is 10.4 Å². The van der Waals surface area contributed by atoms with Crippen molar-refractivity contribution >= 4 is 29.9 Å². The van der Waals surface area contributed by atoms with Gasteiger partial charge in [0.25, 0.3) is 5.91 Å². The lowest BCUT2D eigenvalue weighted by molar-refractivity contribution is 0.0950. The predicted octanol–water partition coefficient (Wildman–Crippen LogP) is 3.58. The maximum Gasteiger partial charge on any atom is 0.251 e. The molecule has 0 atom stereocenters. The van der Waals surface area contributed by atoms with Gasteiger partial charge in [-0.05, 0) is 48.6 Å². The van der Waals surface area contributed by atoms with E-state index in [1.54, 1.807) is 17.4 Å². The average Bonchev–Trinajstić information content (AvgIpc) is 2.75. The molecule has 0 aliphatic heterocycles.